The number of ether oxygens (including phenoxy) is 1. The number of nitriles is 1. The van der Waals surface area contributed by atoms with Crippen molar-refractivity contribution in [2.24, 2.45) is 0 Å². The van der Waals surface area contributed by atoms with E-state index in [1.807, 2.05) is 0 Å². The van der Waals surface area contributed by atoms with Crippen LogP contribution in [-0.4, -0.2) is 45.7 Å². The van der Waals surface area contributed by atoms with Gasteiger partial charge in [0.1, 0.15) is 12.2 Å². The number of aliphatic hydroxyl groups excluding tert-OH is 3. The maximum Gasteiger partial charge on any atom is 0.263 e. The SMILES string of the molecule is N#Cc1ccc([C@H]2CC(O)C(O)[C@@H](CO)O2)cc1Cc1ccc(C(F)F)cc1.O. The molecule has 1 heterocycles. The smallest absolute Gasteiger partial charge is 0.263 e. The van der Waals surface area contributed by atoms with Crippen molar-refractivity contribution in [2.75, 3.05) is 6.61 Å². The van der Waals surface area contributed by atoms with E-state index in [0.717, 1.165) is 5.56 Å². The quantitative estimate of drug-likeness (QED) is 0.697. The molecule has 1 saturated heterocycles. The summed E-state index contributed by atoms with van der Waals surface area (Å²) in [7, 11) is 0. The van der Waals surface area contributed by atoms with Crippen LogP contribution in [0.5, 0.6) is 0 Å². The minimum absolute atomic E-state index is 0. The van der Waals surface area contributed by atoms with Gasteiger partial charge in [0.15, 0.2) is 0 Å². The Morgan fingerprint density at radius 3 is 2.41 bits per heavy atom. The van der Waals surface area contributed by atoms with Gasteiger partial charge in [-0.1, -0.05) is 36.4 Å². The number of rotatable bonds is 5. The number of halogens is 2. The molecule has 0 radical (unpaired) electrons. The minimum Gasteiger partial charge on any atom is -0.412 e. The average Bonchev–Trinajstić information content (AvgIpc) is 2.70. The third-order valence-electron chi connectivity index (χ3n) is 5.00. The Labute approximate surface area is 166 Å². The van der Waals surface area contributed by atoms with Crippen molar-refractivity contribution in [1.82, 2.24) is 0 Å². The van der Waals surface area contributed by atoms with Crippen molar-refractivity contribution in [2.45, 2.75) is 43.7 Å². The minimum atomic E-state index is -2.53. The highest BCUT2D eigenvalue weighted by molar-refractivity contribution is 5.44. The summed E-state index contributed by atoms with van der Waals surface area (Å²) in [5.41, 5.74) is 2.59. The Balaban J connectivity index is 0.00000300. The van der Waals surface area contributed by atoms with Crippen LogP contribution in [0.2, 0.25) is 0 Å². The summed E-state index contributed by atoms with van der Waals surface area (Å²) in [5, 5.41) is 38.6. The van der Waals surface area contributed by atoms with Gasteiger partial charge in [-0.15, -0.1) is 0 Å². The van der Waals surface area contributed by atoms with Gasteiger partial charge in [-0.05, 0) is 29.2 Å². The molecule has 2 aromatic carbocycles. The van der Waals surface area contributed by atoms with E-state index in [2.05, 4.69) is 6.07 Å². The Bertz CT molecular complexity index is 853. The van der Waals surface area contributed by atoms with Crippen molar-refractivity contribution in [3.05, 3.63) is 70.3 Å². The van der Waals surface area contributed by atoms with Crippen LogP contribution in [-0.2, 0) is 11.2 Å². The number of benzene rings is 2. The molecule has 0 bridgehead atoms. The zero-order valence-electron chi connectivity index (χ0n) is 15.5. The Hall–Kier alpha value is -2.41. The van der Waals surface area contributed by atoms with E-state index in [9.17, 15) is 29.4 Å². The first kappa shape index (κ1) is 22.9. The zero-order chi connectivity index (χ0) is 20.3. The van der Waals surface area contributed by atoms with Crippen molar-refractivity contribution < 1.29 is 34.3 Å². The first-order valence-corrected chi connectivity index (χ1v) is 8.95. The molecule has 0 saturated carbocycles. The topological polar surface area (TPSA) is 125 Å². The van der Waals surface area contributed by atoms with Crippen LogP contribution in [0.3, 0.4) is 0 Å². The number of alkyl halides is 2. The van der Waals surface area contributed by atoms with E-state index < -0.39 is 37.4 Å². The monoisotopic (exact) mass is 407 g/mol. The predicted octanol–water partition coefficient (Wildman–Crippen LogP) is 1.81. The van der Waals surface area contributed by atoms with Crippen molar-refractivity contribution >= 4 is 0 Å². The van der Waals surface area contributed by atoms with Gasteiger partial charge in [0, 0.05) is 12.0 Å². The van der Waals surface area contributed by atoms with Crippen LogP contribution in [0.4, 0.5) is 8.78 Å². The molecule has 0 amide bonds. The average molecular weight is 407 g/mol. The second-order valence-corrected chi connectivity index (χ2v) is 6.89. The molecule has 0 aromatic heterocycles. The summed E-state index contributed by atoms with van der Waals surface area (Å²) < 4.78 is 31.1. The third-order valence-corrected chi connectivity index (χ3v) is 5.00. The second-order valence-electron chi connectivity index (χ2n) is 6.89. The van der Waals surface area contributed by atoms with Gasteiger partial charge in [0.25, 0.3) is 6.43 Å². The summed E-state index contributed by atoms with van der Waals surface area (Å²) in [6.45, 7) is -0.422. The first-order valence-electron chi connectivity index (χ1n) is 8.95. The summed E-state index contributed by atoms with van der Waals surface area (Å²) in [6.07, 6.45) is -5.62. The van der Waals surface area contributed by atoms with Crippen LogP contribution in [0, 0.1) is 11.3 Å². The number of hydrogen-bond donors (Lipinski definition) is 3. The molecule has 8 heteroatoms. The standard InChI is InChI=1S/C21H21F2NO4.H2O/c22-21(23)13-3-1-12(2-4-13)7-16-8-14(5-6-15(16)10-24)18-9-17(26)20(27)19(11-25)28-18;/h1-6,8,17-21,25-27H,7,9,11H2;1H2/t17?,18-,19-,20?;/m1./s1. The van der Waals surface area contributed by atoms with E-state index in [1.165, 1.54) is 12.1 Å². The fraction of sp³-hybridized carbons (Fsp3) is 0.381. The molecule has 2 aromatic rings. The third kappa shape index (κ3) is 5.15. The lowest BCUT2D eigenvalue weighted by Gasteiger charge is -2.36. The van der Waals surface area contributed by atoms with E-state index in [-0.39, 0.29) is 17.5 Å². The highest BCUT2D eigenvalue weighted by Gasteiger charge is 2.37. The van der Waals surface area contributed by atoms with Gasteiger partial charge in [0.2, 0.25) is 0 Å². The molecule has 3 rings (SSSR count). The van der Waals surface area contributed by atoms with Crippen LogP contribution in [0.15, 0.2) is 42.5 Å². The van der Waals surface area contributed by atoms with Crippen LogP contribution in [0.1, 0.15) is 46.8 Å². The van der Waals surface area contributed by atoms with Gasteiger partial charge >= 0.3 is 0 Å². The van der Waals surface area contributed by atoms with Gasteiger partial charge in [0.05, 0.1) is 30.4 Å². The second kappa shape index (κ2) is 9.87. The fourth-order valence-electron chi connectivity index (χ4n) is 3.39. The normalized spacial score (nSPS) is 24.0. The van der Waals surface area contributed by atoms with Gasteiger partial charge in [-0.2, -0.15) is 5.26 Å². The lowest BCUT2D eigenvalue weighted by molar-refractivity contribution is -0.181. The largest absolute Gasteiger partial charge is 0.412 e. The highest BCUT2D eigenvalue weighted by Crippen LogP contribution is 2.33. The summed E-state index contributed by atoms with van der Waals surface area (Å²) in [5.74, 6) is 0. The Morgan fingerprint density at radius 2 is 1.83 bits per heavy atom. The molecule has 2 unspecified atom stereocenters. The van der Waals surface area contributed by atoms with E-state index >= 15 is 0 Å². The molecule has 1 aliphatic rings. The molecule has 1 fully saturated rings. The maximum atomic E-state index is 12.7. The molecule has 29 heavy (non-hydrogen) atoms. The van der Waals surface area contributed by atoms with E-state index in [4.69, 9.17) is 4.74 Å². The van der Waals surface area contributed by atoms with Gasteiger partial charge in [-0.3, -0.25) is 0 Å². The lowest BCUT2D eigenvalue weighted by Crippen LogP contribution is -2.47. The van der Waals surface area contributed by atoms with Gasteiger partial charge < -0.3 is 25.5 Å². The molecule has 1 aliphatic heterocycles. The van der Waals surface area contributed by atoms with E-state index in [0.29, 0.717) is 23.1 Å². The fourth-order valence-corrected chi connectivity index (χ4v) is 3.39. The Kier molecular flexibility index (Phi) is 7.79. The van der Waals surface area contributed by atoms with Crippen molar-refractivity contribution in [3.8, 4) is 6.07 Å². The zero-order valence-corrected chi connectivity index (χ0v) is 15.5. The van der Waals surface area contributed by atoms with Crippen molar-refractivity contribution in [3.63, 3.8) is 0 Å². The summed E-state index contributed by atoms with van der Waals surface area (Å²) in [6, 6.07) is 13.2. The molecular formula is C21H23F2NO5. The van der Waals surface area contributed by atoms with E-state index in [1.54, 1.807) is 30.3 Å². The lowest BCUT2D eigenvalue weighted by atomic mass is 9.91. The number of aliphatic hydroxyl groups is 3. The summed E-state index contributed by atoms with van der Waals surface area (Å²) in [4.78, 5) is 0. The van der Waals surface area contributed by atoms with Crippen LogP contribution >= 0.6 is 0 Å². The molecule has 6 nitrogen and oxygen atoms in total. The van der Waals surface area contributed by atoms with Gasteiger partial charge in [-0.25, -0.2) is 8.78 Å². The number of hydrogen-bond acceptors (Lipinski definition) is 5. The first-order chi connectivity index (χ1) is 13.4. The molecule has 5 N–H and O–H groups in total. The predicted molar refractivity (Wildman–Crippen MR) is 100 cm³/mol. The maximum absolute atomic E-state index is 12.7. The van der Waals surface area contributed by atoms with Crippen LogP contribution < -0.4 is 0 Å². The molecule has 0 aliphatic carbocycles. The van der Waals surface area contributed by atoms with Crippen LogP contribution in [0.25, 0.3) is 0 Å². The summed E-state index contributed by atoms with van der Waals surface area (Å²) >= 11 is 0. The molecule has 156 valence electrons. The molecule has 4 atom stereocenters. The molecular weight excluding hydrogens is 384 g/mol. The highest BCUT2D eigenvalue weighted by atomic mass is 19.3. The molecule has 0 spiro atoms. The Morgan fingerprint density at radius 1 is 1.14 bits per heavy atom. The van der Waals surface area contributed by atoms with Crippen molar-refractivity contribution in [1.29, 1.82) is 5.26 Å². The number of nitrogens with zero attached hydrogens (tertiary/aromatic N) is 1.